The Morgan fingerprint density at radius 3 is 2.35 bits per heavy atom. The second-order valence-electron chi connectivity index (χ2n) is 5.63. The number of aromatic nitrogens is 2. The Bertz CT molecular complexity index is 757. The van der Waals surface area contributed by atoms with Crippen LogP contribution in [-0.2, 0) is 22.8 Å². The van der Waals surface area contributed by atoms with Crippen LogP contribution >= 0.6 is 0 Å². The van der Waals surface area contributed by atoms with Crippen molar-refractivity contribution in [1.82, 2.24) is 9.55 Å². The third-order valence-corrected chi connectivity index (χ3v) is 3.34. The molecule has 1 aromatic carbocycles. The normalized spacial score (nSPS) is 10.9. The monoisotopic (exact) mass is 318 g/mol. The number of aromatic amines is 1. The first kappa shape index (κ1) is 17.2. The predicted molar refractivity (Wildman–Crippen MR) is 87.6 cm³/mol. The Kier molecular flexibility index (Phi) is 5.90. The van der Waals surface area contributed by atoms with E-state index in [0.717, 1.165) is 5.56 Å². The maximum Gasteiger partial charge on any atom is 0.330 e. The van der Waals surface area contributed by atoms with Gasteiger partial charge in [-0.15, -0.1) is 0 Å². The number of rotatable bonds is 7. The van der Waals surface area contributed by atoms with Gasteiger partial charge in [0.05, 0.1) is 19.8 Å². The molecule has 0 amide bonds. The minimum absolute atomic E-state index is 0.0867. The van der Waals surface area contributed by atoms with Crippen LogP contribution in [0, 0.1) is 20.8 Å². The molecule has 0 radical (unpaired) electrons. The maximum atomic E-state index is 11.6. The summed E-state index contributed by atoms with van der Waals surface area (Å²) in [7, 11) is 0. The molecule has 0 bridgehead atoms. The maximum absolute atomic E-state index is 11.6. The van der Waals surface area contributed by atoms with Crippen molar-refractivity contribution in [1.29, 1.82) is 0 Å². The molecule has 124 valence electrons. The molecule has 6 heteroatoms. The predicted octanol–water partition coefficient (Wildman–Crippen LogP) is 1.65. The van der Waals surface area contributed by atoms with E-state index in [1.165, 1.54) is 21.9 Å². The number of hydrogen-bond acceptors (Lipinski definition) is 4. The molecular formula is C17H22N2O4. The van der Waals surface area contributed by atoms with Gasteiger partial charge in [-0.3, -0.25) is 14.3 Å². The summed E-state index contributed by atoms with van der Waals surface area (Å²) < 4.78 is 12.3. The lowest BCUT2D eigenvalue weighted by molar-refractivity contribution is 0.0120. The highest BCUT2D eigenvalue weighted by Crippen LogP contribution is 2.09. The van der Waals surface area contributed by atoms with Crippen molar-refractivity contribution >= 4 is 0 Å². The molecule has 0 aliphatic carbocycles. The molecule has 0 unspecified atom stereocenters. The third-order valence-electron chi connectivity index (χ3n) is 3.34. The lowest BCUT2D eigenvalue weighted by atomic mass is 10.1. The molecule has 0 fully saturated rings. The molecule has 2 rings (SSSR count). The summed E-state index contributed by atoms with van der Waals surface area (Å²) in [6.45, 7) is 7.18. The quantitative estimate of drug-likeness (QED) is 0.788. The standard InChI is InChI=1S/C17H22N2O4/c1-12-6-13(2)8-15(7-12)10-22-4-5-23-11-19-9-14(3)16(20)18-17(19)21/h6-9H,4-5,10-11H2,1-3H3,(H,18,20,21). The lowest BCUT2D eigenvalue weighted by Crippen LogP contribution is -2.31. The van der Waals surface area contributed by atoms with Crippen LogP contribution in [0.3, 0.4) is 0 Å². The average molecular weight is 318 g/mol. The zero-order chi connectivity index (χ0) is 16.8. The highest BCUT2D eigenvalue weighted by atomic mass is 16.5. The number of ether oxygens (including phenoxy) is 2. The van der Waals surface area contributed by atoms with E-state index in [-0.39, 0.29) is 12.3 Å². The molecule has 2 aromatic rings. The van der Waals surface area contributed by atoms with E-state index >= 15 is 0 Å². The van der Waals surface area contributed by atoms with Gasteiger partial charge in [0.2, 0.25) is 0 Å². The van der Waals surface area contributed by atoms with Crippen LogP contribution in [0.15, 0.2) is 34.0 Å². The Hall–Kier alpha value is -2.18. The number of H-pyrrole nitrogens is 1. The molecule has 23 heavy (non-hydrogen) atoms. The van der Waals surface area contributed by atoms with Crippen LogP contribution in [0.2, 0.25) is 0 Å². The van der Waals surface area contributed by atoms with Gasteiger partial charge in [0.25, 0.3) is 5.56 Å². The fourth-order valence-corrected chi connectivity index (χ4v) is 2.34. The van der Waals surface area contributed by atoms with E-state index in [2.05, 4.69) is 37.0 Å². The van der Waals surface area contributed by atoms with E-state index < -0.39 is 5.69 Å². The SMILES string of the molecule is Cc1cc(C)cc(COCCOCn2cc(C)c(=O)[nH]c2=O)c1. The van der Waals surface area contributed by atoms with Gasteiger partial charge in [0.15, 0.2) is 0 Å². The number of aryl methyl sites for hydroxylation is 3. The first-order valence-electron chi connectivity index (χ1n) is 7.49. The Morgan fingerprint density at radius 1 is 1.00 bits per heavy atom. The van der Waals surface area contributed by atoms with Crippen molar-refractivity contribution in [2.75, 3.05) is 13.2 Å². The van der Waals surface area contributed by atoms with Gasteiger partial charge >= 0.3 is 5.69 Å². The van der Waals surface area contributed by atoms with E-state index in [1.54, 1.807) is 6.92 Å². The van der Waals surface area contributed by atoms with Crippen molar-refractivity contribution < 1.29 is 9.47 Å². The number of hydrogen-bond donors (Lipinski definition) is 1. The van der Waals surface area contributed by atoms with Crippen molar-refractivity contribution in [3.8, 4) is 0 Å². The van der Waals surface area contributed by atoms with E-state index in [9.17, 15) is 9.59 Å². The summed E-state index contributed by atoms with van der Waals surface area (Å²) in [5, 5.41) is 0. The highest BCUT2D eigenvalue weighted by molar-refractivity contribution is 5.27. The van der Waals surface area contributed by atoms with Crippen LogP contribution in [0.4, 0.5) is 0 Å². The smallest absolute Gasteiger partial charge is 0.330 e. The zero-order valence-electron chi connectivity index (χ0n) is 13.7. The first-order chi connectivity index (χ1) is 11.0. The summed E-state index contributed by atoms with van der Waals surface area (Å²) in [6, 6.07) is 6.31. The first-order valence-corrected chi connectivity index (χ1v) is 7.49. The second kappa shape index (κ2) is 7.89. The number of nitrogens with one attached hydrogen (secondary N) is 1. The molecule has 0 aliphatic rings. The minimum atomic E-state index is -0.475. The van der Waals surface area contributed by atoms with Gasteiger partial charge in [0.1, 0.15) is 6.73 Å². The Labute approximate surface area is 134 Å². The van der Waals surface area contributed by atoms with Crippen LogP contribution in [0.1, 0.15) is 22.3 Å². The second-order valence-corrected chi connectivity index (χ2v) is 5.63. The van der Waals surface area contributed by atoms with Crippen LogP contribution < -0.4 is 11.2 Å². The van der Waals surface area contributed by atoms with Crippen LogP contribution in [0.25, 0.3) is 0 Å². The summed E-state index contributed by atoms with van der Waals surface area (Å²) >= 11 is 0. The van der Waals surface area contributed by atoms with E-state index in [0.29, 0.717) is 25.4 Å². The van der Waals surface area contributed by atoms with Crippen LogP contribution in [0.5, 0.6) is 0 Å². The molecule has 0 spiro atoms. The van der Waals surface area contributed by atoms with Gasteiger partial charge in [-0.2, -0.15) is 0 Å². The van der Waals surface area contributed by atoms with Gasteiger partial charge < -0.3 is 9.47 Å². The minimum Gasteiger partial charge on any atom is -0.374 e. The summed E-state index contributed by atoms with van der Waals surface area (Å²) in [5.74, 6) is 0. The van der Waals surface area contributed by atoms with Gasteiger partial charge in [-0.1, -0.05) is 29.3 Å². The summed E-state index contributed by atoms with van der Waals surface area (Å²) in [6.07, 6.45) is 1.48. The van der Waals surface area contributed by atoms with E-state index in [1.807, 2.05) is 0 Å². The van der Waals surface area contributed by atoms with Crippen LogP contribution in [-0.4, -0.2) is 22.8 Å². The fraction of sp³-hybridized carbons (Fsp3) is 0.412. The Balaban J connectivity index is 1.73. The molecule has 1 heterocycles. The average Bonchev–Trinajstić information content (AvgIpc) is 2.46. The van der Waals surface area contributed by atoms with Crippen molar-refractivity contribution in [2.24, 2.45) is 0 Å². The summed E-state index contributed by atoms with van der Waals surface area (Å²) in [4.78, 5) is 25.0. The van der Waals surface area contributed by atoms with Gasteiger partial charge in [0, 0.05) is 11.8 Å². The largest absolute Gasteiger partial charge is 0.374 e. The molecule has 0 saturated heterocycles. The molecule has 1 N–H and O–H groups in total. The topological polar surface area (TPSA) is 73.3 Å². The molecule has 0 atom stereocenters. The van der Waals surface area contributed by atoms with Gasteiger partial charge in [-0.05, 0) is 26.3 Å². The molecule has 1 aromatic heterocycles. The van der Waals surface area contributed by atoms with Crippen molar-refractivity contribution in [3.63, 3.8) is 0 Å². The Morgan fingerprint density at radius 2 is 1.65 bits per heavy atom. The third kappa shape index (κ3) is 5.19. The lowest BCUT2D eigenvalue weighted by Gasteiger charge is -2.09. The molecule has 6 nitrogen and oxygen atoms in total. The summed E-state index contributed by atoms with van der Waals surface area (Å²) in [5.41, 5.74) is 3.19. The number of nitrogens with zero attached hydrogens (tertiary/aromatic N) is 1. The molecule has 0 saturated carbocycles. The molecular weight excluding hydrogens is 296 g/mol. The van der Waals surface area contributed by atoms with Gasteiger partial charge in [-0.25, -0.2) is 4.79 Å². The fourth-order valence-electron chi connectivity index (χ4n) is 2.34. The van der Waals surface area contributed by atoms with Crippen molar-refractivity contribution in [2.45, 2.75) is 34.1 Å². The zero-order valence-corrected chi connectivity index (χ0v) is 13.7. The highest BCUT2D eigenvalue weighted by Gasteiger charge is 2.01. The van der Waals surface area contributed by atoms with E-state index in [4.69, 9.17) is 9.47 Å². The van der Waals surface area contributed by atoms with Crippen molar-refractivity contribution in [3.05, 3.63) is 67.5 Å². The number of benzene rings is 1. The molecule has 0 aliphatic heterocycles.